The third kappa shape index (κ3) is 4.80. The molecule has 3 aromatic rings. The number of benzene rings is 3. The van der Waals surface area contributed by atoms with Crippen molar-refractivity contribution < 1.29 is 4.74 Å². The van der Waals surface area contributed by atoms with Gasteiger partial charge in [-0.25, -0.2) is 0 Å². The van der Waals surface area contributed by atoms with Crippen molar-refractivity contribution in [2.24, 2.45) is 0 Å². The Labute approximate surface area is 147 Å². The third-order valence-corrected chi connectivity index (χ3v) is 4.50. The van der Waals surface area contributed by atoms with Crippen LogP contribution in [0.5, 0.6) is 5.75 Å². The van der Waals surface area contributed by atoms with Crippen LogP contribution in [0.25, 0.3) is 0 Å². The smallest absolute Gasteiger partial charge is 0.119 e. The van der Waals surface area contributed by atoms with Crippen molar-refractivity contribution in [1.82, 2.24) is 0 Å². The highest BCUT2D eigenvalue weighted by Gasteiger charge is 1.98. The zero-order chi connectivity index (χ0) is 16.6. The number of nitrogens with one attached hydrogen (secondary N) is 1. The van der Waals surface area contributed by atoms with E-state index >= 15 is 0 Å². The summed E-state index contributed by atoms with van der Waals surface area (Å²) in [5.41, 5.74) is 3.55. The molecule has 0 saturated carbocycles. The molecule has 0 aliphatic rings. The van der Waals surface area contributed by atoms with Gasteiger partial charge in [0.25, 0.3) is 0 Å². The Balaban J connectivity index is 1.50. The maximum absolute atomic E-state index is 5.81. The van der Waals surface area contributed by atoms with Crippen LogP contribution in [-0.2, 0) is 13.2 Å². The second-order valence-electron chi connectivity index (χ2n) is 5.50. The van der Waals surface area contributed by atoms with E-state index in [4.69, 9.17) is 4.74 Å². The normalized spacial score (nSPS) is 10.4. The molecule has 0 saturated heterocycles. The van der Waals surface area contributed by atoms with E-state index in [-0.39, 0.29) is 0 Å². The molecule has 0 radical (unpaired) electrons. The van der Waals surface area contributed by atoms with Crippen LogP contribution in [0.3, 0.4) is 0 Å². The van der Waals surface area contributed by atoms with Gasteiger partial charge in [0.05, 0.1) is 0 Å². The van der Waals surface area contributed by atoms with Gasteiger partial charge in [-0.3, -0.25) is 0 Å². The van der Waals surface area contributed by atoms with E-state index in [1.807, 2.05) is 30.3 Å². The summed E-state index contributed by atoms with van der Waals surface area (Å²) in [7, 11) is 0. The molecule has 0 fully saturated rings. The molecule has 0 aliphatic heterocycles. The van der Waals surface area contributed by atoms with Crippen molar-refractivity contribution in [3.05, 3.63) is 90.0 Å². The van der Waals surface area contributed by atoms with E-state index in [0.29, 0.717) is 6.61 Å². The van der Waals surface area contributed by atoms with Gasteiger partial charge < -0.3 is 10.1 Å². The molecule has 0 aliphatic carbocycles. The summed E-state index contributed by atoms with van der Waals surface area (Å²) < 4.78 is 5.81. The van der Waals surface area contributed by atoms with Gasteiger partial charge in [-0.1, -0.05) is 42.5 Å². The summed E-state index contributed by atoms with van der Waals surface area (Å²) >= 11 is 1.75. The first-order chi connectivity index (χ1) is 11.8. The Morgan fingerprint density at radius 2 is 1.50 bits per heavy atom. The van der Waals surface area contributed by atoms with Crippen LogP contribution in [-0.4, -0.2) is 6.26 Å². The average Bonchev–Trinajstić information content (AvgIpc) is 2.67. The predicted molar refractivity (Wildman–Crippen MR) is 103 cm³/mol. The zero-order valence-corrected chi connectivity index (χ0v) is 14.6. The Morgan fingerprint density at radius 1 is 0.792 bits per heavy atom. The summed E-state index contributed by atoms with van der Waals surface area (Å²) in [4.78, 5) is 1.28. The molecular formula is C21H21NOS. The lowest BCUT2D eigenvalue weighted by molar-refractivity contribution is 0.306. The van der Waals surface area contributed by atoms with Crippen LogP contribution in [0.2, 0.25) is 0 Å². The summed E-state index contributed by atoms with van der Waals surface area (Å²) in [5, 5.41) is 3.44. The maximum Gasteiger partial charge on any atom is 0.119 e. The highest BCUT2D eigenvalue weighted by atomic mass is 32.2. The number of hydrogen-bond acceptors (Lipinski definition) is 3. The largest absolute Gasteiger partial charge is 0.489 e. The zero-order valence-electron chi connectivity index (χ0n) is 13.7. The minimum absolute atomic E-state index is 0.597. The molecule has 3 aromatic carbocycles. The third-order valence-electron chi connectivity index (χ3n) is 3.76. The number of anilines is 1. The van der Waals surface area contributed by atoms with Crippen molar-refractivity contribution in [2.75, 3.05) is 11.6 Å². The van der Waals surface area contributed by atoms with E-state index < -0.39 is 0 Å². The molecule has 0 amide bonds. The molecule has 122 valence electrons. The Hall–Kier alpha value is -2.39. The van der Waals surface area contributed by atoms with Gasteiger partial charge in [0.2, 0.25) is 0 Å². The highest BCUT2D eigenvalue weighted by Crippen LogP contribution is 2.19. The fourth-order valence-electron chi connectivity index (χ4n) is 2.36. The maximum atomic E-state index is 5.81. The molecule has 0 atom stereocenters. The molecule has 0 unspecified atom stereocenters. The van der Waals surface area contributed by atoms with E-state index in [2.05, 4.69) is 60.1 Å². The van der Waals surface area contributed by atoms with E-state index in [9.17, 15) is 0 Å². The van der Waals surface area contributed by atoms with E-state index in [1.165, 1.54) is 16.0 Å². The lowest BCUT2D eigenvalue weighted by Crippen LogP contribution is -1.99. The van der Waals surface area contributed by atoms with Gasteiger partial charge in [0.15, 0.2) is 0 Å². The number of rotatable bonds is 7. The van der Waals surface area contributed by atoms with Crippen molar-refractivity contribution in [2.45, 2.75) is 18.0 Å². The van der Waals surface area contributed by atoms with Crippen molar-refractivity contribution in [1.29, 1.82) is 0 Å². The highest BCUT2D eigenvalue weighted by molar-refractivity contribution is 7.98. The number of ether oxygens (including phenoxy) is 1. The van der Waals surface area contributed by atoms with Crippen LogP contribution < -0.4 is 10.1 Å². The van der Waals surface area contributed by atoms with Crippen LogP contribution in [0.4, 0.5) is 5.69 Å². The Kier molecular flexibility index (Phi) is 5.80. The van der Waals surface area contributed by atoms with Crippen LogP contribution in [0, 0.1) is 0 Å². The predicted octanol–water partition coefficient (Wildman–Crippen LogP) is 5.60. The van der Waals surface area contributed by atoms with Crippen molar-refractivity contribution >= 4 is 17.4 Å². The summed E-state index contributed by atoms with van der Waals surface area (Å²) in [6, 6.07) is 27.0. The van der Waals surface area contributed by atoms with Gasteiger partial charge in [0, 0.05) is 17.1 Å². The van der Waals surface area contributed by atoms with Crippen LogP contribution >= 0.6 is 11.8 Å². The van der Waals surface area contributed by atoms with E-state index in [0.717, 1.165) is 18.0 Å². The van der Waals surface area contributed by atoms with Crippen molar-refractivity contribution in [3.63, 3.8) is 0 Å². The summed E-state index contributed by atoms with van der Waals surface area (Å²) in [6.45, 7) is 1.40. The summed E-state index contributed by atoms with van der Waals surface area (Å²) in [5.74, 6) is 0.895. The minimum atomic E-state index is 0.597. The molecule has 0 heterocycles. The Bertz CT molecular complexity index is 739. The lowest BCUT2D eigenvalue weighted by Gasteiger charge is -2.09. The van der Waals surface area contributed by atoms with Gasteiger partial charge >= 0.3 is 0 Å². The lowest BCUT2D eigenvalue weighted by atomic mass is 10.2. The first kappa shape index (κ1) is 16.5. The second-order valence-corrected chi connectivity index (χ2v) is 6.38. The first-order valence-corrected chi connectivity index (χ1v) is 9.19. The standard InChI is InChI=1S/C21H21NOS/c1-24-21-13-9-19(10-14-21)22-15-17-7-11-20(12-8-17)23-16-18-5-3-2-4-6-18/h2-14,22H,15-16H2,1H3. The fraction of sp³-hybridized carbons (Fsp3) is 0.143. The van der Waals surface area contributed by atoms with Crippen LogP contribution in [0.1, 0.15) is 11.1 Å². The first-order valence-electron chi connectivity index (χ1n) is 7.97. The topological polar surface area (TPSA) is 21.3 Å². The fourth-order valence-corrected chi connectivity index (χ4v) is 2.77. The quantitative estimate of drug-likeness (QED) is 0.568. The van der Waals surface area contributed by atoms with Gasteiger partial charge in [-0.15, -0.1) is 11.8 Å². The molecule has 24 heavy (non-hydrogen) atoms. The molecule has 3 rings (SSSR count). The molecule has 0 bridgehead atoms. The van der Waals surface area contributed by atoms with Crippen LogP contribution in [0.15, 0.2) is 83.8 Å². The minimum Gasteiger partial charge on any atom is -0.489 e. The van der Waals surface area contributed by atoms with Crippen molar-refractivity contribution in [3.8, 4) is 5.75 Å². The molecule has 0 spiro atoms. The average molecular weight is 335 g/mol. The monoisotopic (exact) mass is 335 g/mol. The van der Waals surface area contributed by atoms with Gasteiger partial charge in [-0.05, 0) is 53.8 Å². The second kappa shape index (κ2) is 8.46. The van der Waals surface area contributed by atoms with Gasteiger partial charge in [-0.2, -0.15) is 0 Å². The molecule has 3 heteroatoms. The molecule has 1 N–H and O–H groups in total. The molecule has 2 nitrogen and oxygen atoms in total. The molecule has 0 aromatic heterocycles. The van der Waals surface area contributed by atoms with E-state index in [1.54, 1.807) is 11.8 Å². The Morgan fingerprint density at radius 3 is 2.17 bits per heavy atom. The van der Waals surface area contributed by atoms with Gasteiger partial charge in [0.1, 0.15) is 12.4 Å². The number of thioether (sulfide) groups is 1. The number of hydrogen-bond donors (Lipinski definition) is 1. The molecular weight excluding hydrogens is 314 g/mol. The SMILES string of the molecule is CSc1ccc(NCc2ccc(OCc3ccccc3)cc2)cc1. The summed E-state index contributed by atoms with van der Waals surface area (Å²) in [6.07, 6.45) is 2.09.